The van der Waals surface area contributed by atoms with Crippen molar-refractivity contribution >= 4 is 39.7 Å². The number of nitrogens with one attached hydrogen (secondary N) is 1. The lowest BCUT2D eigenvalue weighted by Gasteiger charge is -2.12. The highest BCUT2D eigenvalue weighted by Gasteiger charge is 2.12. The molecule has 0 radical (unpaired) electrons. The molecule has 2 aromatic carbocycles. The molecule has 0 unspecified atom stereocenters. The highest BCUT2D eigenvalue weighted by atomic mass is 79.9. The van der Waals surface area contributed by atoms with Crippen LogP contribution >= 0.6 is 27.5 Å². The summed E-state index contributed by atoms with van der Waals surface area (Å²) in [6.45, 7) is 2.36. The molecule has 0 saturated heterocycles. The summed E-state index contributed by atoms with van der Waals surface area (Å²) in [6.07, 6.45) is 6.68. The van der Waals surface area contributed by atoms with Crippen LogP contribution in [0.2, 0.25) is 5.02 Å². The van der Waals surface area contributed by atoms with Crippen molar-refractivity contribution in [2.75, 3.05) is 13.2 Å². The highest BCUT2D eigenvalue weighted by molar-refractivity contribution is 9.10. The van der Waals surface area contributed by atoms with E-state index in [-0.39, 0.29) is 12.5 Å². The summed E-state index contributed by atoms with van der Waals surface area (Å²) in [5, 5.41) is 4.29. The molecule has 5 nitrogen and oxygen atoms in total. The second-order valence-corrected chi connectivity index (χ2v) is 6.28. The predicted molar refractivity (Wildman–Crippen MR) is 106 cm³/mol. The number of carbonyl (C=O) groups excluding carboxylic acids is 1. The Bertz CT molecular complexity index is 845. The number of terminal acetylenes is 1. The summed E-state index contributed by atoms with van der Waals surface area (Å²) >= 11 is 9.55. The number of carbonyl (C=O) groups is 1. The maximum Gasteiger partial charge on any atom is 0.271 e. The van der Waals surface area contributed by atoms with Gasteiger partial charge in [-0.15, -0.1) is 6.42 Å². The zero-order chi connectivity index (χ0) is 18.9. The lowest BCUT2D eigenvalue weighted by atomic mass is 10.2. The van der Waals surface area contributed by atoms with Crippen LogP contribution in [0.15, 0.2) is 46.0 Å². The SMILES string of the molecule is C#CCOc1c(Cl)cc(/C=N\NC(=O)c2ccc(Br)cc2)cc1OCC. The van der Waals surface area contributed by atoms with Gasteiger partial charge in [0.25, 0.3) is 5.91 Å². The molecule has 0 aliphatic rings. The van der Waals surface area contributed by atoms with Gasteiger partial charge < -0.3 is 9.47 Å². The van der Waals surface area contributed by atoms with Crippen LogP contribution < -0.4 is 14.9 Å². The Labute approximate surface area is 165 Å². The Hall–Kier alpha value is -2.49. The van der Waals surface area contributed by atoms with Crippen LogP contribution in [0.1, 0.15) is 22.8 Å². The minimum atomic E-state index is -0.321. The largest absolute Gasteiger partial charge is 0.490 e. The molecule has 7 heteroatoms. The van der Waals surface area contributed by atoms with Crippen molar-refractivity contribution < 1.29 is 14.3 Å². The summed E-state index contributed by atoms with van der Waals surface area (Å²) in [5.74, 6) is 2.89. The zero-order valence-electron chi connectivity index (χ0n) is 14.0. The van der Waals surface area contributed by atoms with Gasteiger partial charge in [-0.1, -0.05) is 33.5 Å². The first-order chi connectivity index (χ1) is 12.5. The van der Waals surface area contributed by atoms with Crippen molar-refractivity contribution in [1.29, 1.82) is 0 Å². The van der Waals surface area contributed by atoms with Gasteiger partial charge in [-0.25, -0.2) is 5.43 Å². The topological polar surface area (TPSA) is 59.9 Å². The molecule has 0 aromatic heterocycles. The Morgan fingerprint density at radius 1 is 1.35 bits per heavy atom. The van der Waals surface area contributed by atoms with Gasteiger partial charge in [-0.05, 0) is 48.9 Å². The Morgan fingerprint density at radius 3 is 2.73 bits per heavy atom. The second-order valence-electron chi connectivity index (χ2n) is 4.96. The molecular formula is C19H16BrClN2O3. The van der Waals surface area contributed by atoms with Crippen molar-refractivity contribution in [1.82, 2.24) is 5.43 Å². The van der Waals surface area contributed by atoms with Gasteiger partial charge in [0.15, 0.2) is 11.5 Å². The summed E-state index contributed by atoms with van der Waals surface area (Å²) < 4.78 is 11.8. The predicted octanol–water partition coefficient (Wildman–Crippen LogP) is 4.28. The van der Waals surface area contributed by atoms with Gasteiger partial charge in [0.05, 0.1) is 17.8 Å². The van der Waals surface area contributed by atoms with Gasteiger partial charge in [-0.3, -0.25) is 4.79 Å². The minimum absolute atomic E-state index is 0.0798. The smallest absolute Gasteiger partial charge is 0.271 e. The van der Waals surface area contributed by atoms with Gasteiger partial charge in [0, 0.05) is 10.0 Å². The van der Waals surface area contributed by atoms with Gasteiger partial charge in [0.1, 0.15) is 6.61 Å². The molecule has 1 amide bonds. The molecular weight excluding hydrogens is 420 g/mol. The fourth-order valence-corrected chi connectivity index (χ4v) is 2.55. The number of nitrogens with zero attached hydrogens (tertiary/aromatic N) is 1. The van der Waals surface area contributed by atoms with Gasteiger partial charge in [0.2, 0.25) is 0 Å². The fraction of sp³-hybridized carbons (Fsp3) is 0.158. The summed E-state index contributed by atoms with van der Waals surface area (Å²) in [5.41, 5.74) is 3.60. The molecule has 0 heterocycles. The molecule has 2 rings (SSSR count). The van der Waals surface area contributed by atoms with E-state index in [0.717, 1.165) is 4.47 Å². The number of halogens is 2. The van der Waals surface area contributed by atoms with E-state index in [2.05, 4.69) is 32.4 Å². The number of rotatable bonds is 7. The maximum absolute atomic E-state index is 12.0. The first-order valence-electron chi connectivity index (χ1n) is 7.66. The lowest BCUT2D eigenvalue weighted by Crippen LogP contribution is -2.17. The molecule has 0 saturated carbocycles. The van der Waals surface area contributed by atoms with Crippen LogP contribution in [-0.2, 0) is 0 Å². The van der Waals surface area contributed by atoms with Gasteiger partial charge in [-0.2, -0.15) is 5.10 Å². The Balaban J connectivity index is 2.12. The fourth-order valence-electron chi connectivity index (χ4n) is 2.01. The number of hydrogen-bond acceptors (Lipinski definition) is 4. The quantitative estimate of drug-likeness (QED) is 0.401. The lowest BCUT2D eigenvalue weighted by molar-refractivity contribution is 0.0955. The number of hydrogen-bond donors (Lipinski definition) is 1. The Kier molecular flexibility index (Phi) is 7.52. The molecule has 0 bridgehead atoms. The first-order valence-corrected chi connectivity index (χ1v) is 8.83. The van der Waals surface area contributed by atoms with Crippen LogP contribution in [0.3, 0.4) is 0 Å². The first kappa shape index (κ1) is 19.8. The molecule has 0 aliphatic heterocycles. The number of benzene rings is 2. The average molecular weight is 436 g/mol. The summed E-state index contributed by atoms with van der Waals surface area (Å²) in [4.78, 5) is 12.0. The maximum atomic E-state index is 12.0. The van der Waals surface area contributed by atoms with E-state index in [9.17, 15) is 4.79 Å². The van der Waals surface area contributed by atoms with Gasteiger partial charge >= 0.3 is 0 Å². The van der Waals surface area contributed by atoms with E-state index in [1.165, 1.54) is 6.21 Å². The summed E-state index contributed by atoms with van der Waals surface area (Å²) in [7, 11) is 0. The van der Waals surface area contributed by atoms with E-state index in [0.29, 0.717) is 34.3 Å². The van der Waals surface area contributed by atoms with Crippen LogP contribution in [0.5, 0.6) is 11.5 Å². The molecule has 0 aliphatic carbocycles. The number of hydrazone groups is 1. The van der Waals surface area contributed by atoms with E-state index in [1.807, 2.05) is 6.92 Å². The molecule has 0 fully saturated rings. The van der Waals surface area contributed by atoms with Crippen LogP contribution in [0.25, 0.3) is 0 Å². The standard InChI is InChI=1S/C19H16BrClN2O3/c1-3-9-26-18-16(21)10-13(11-17(18)25-4-2)12-22-23-19(24)14-5-7-15(20)8-6-14/h1,5-8,10-12H,4,9H2,2H3,(H,23,24)/b22-12-. The van der Waals surface area contributed by atoms with E-state index >= 15 is 0 Å². The van der Waals surface area contributed by atoms with Crippen LogP contribution in [-0.4, -0.2) is 25.3 Å². The molecule has 0 spiro atoms. The van der Waals surface area contributed by atoms with Crippen molar-refractivity contribution in [2.24, 2.45) is 5.10 Å². The molecule has 134 valence electrons. The molecule has 2 aromatic rings. The van der Waals surface area contributed by atoms with Crippen LogP contribution in [0, 0.1) is 12.3 Å². The second kappa shape index (κ2) is 9.85. The van der Waals surface area contributed by atoms with Crippen molar-refractivity contribution in [3.8, 4) is 23.8 Å². The molecule has 1 N–H and O–H groups in total. The number of ether oxygens (including phenoxy) is 2. The Morgan fingerprint density at radius 2 is 2.08 bits per heavy atom. The van der Waals surface area contributed by atoms with Crippen molar-refractivity contribution in [3.63, 3.8) is 0 Å². The van der Waals surface area contributed by atoms with Crippen molar-refractivity contribution in [3.05, 3.63) is 57.0 Å². The van der Waals surface area contributed by atoms with E-state index in [4.69, 9.17) is 27.5 Å². The monoisotopic (exact) mass is 434 g/mol. The molecule has 0 atom stereocenters. The number of amides is 1. The zero-order valence-corrected chi connectivity index (χ0v) is 16.3. The third kappa shape index (κ3) is 5.51. The van der Waals surface area contributed by atoms with Crippen molar-refractivity contribution in [2.45, 2.75) is 6.92 Å². The third-order valence-electron chi connectivity index (χ3n) is 3.12. The normalized spacial score (nSPS) is 10.4. The van der Waals surface area contributed by atoms with Crippen LogP contribution in [0.4, 0.5) is 0 Å². The van der Waals surface area contributed by atoms with E-state index in [1.54, 1.807) is 36.4 Å². The van der Waals surface area contributed by atoms with E-state index < -0.39 is 0 Å². The minimum Gasteiger partial charge on any atom is -0.490 e. The highest BCUT2D eigenvalue weighted by Crippen LogP contribution is 2.36. The third-order valence-corrected chi connectivity index (χ3v) is 3.93. The average Bonchev–Trinajstić information content (AvgIpc) is 2.62. The summed E-state index contributed by atoms with van der Waals surface area (Å²) in [6, 6.07) is 10.3. The molecule has 26 heavy (non-hydrogen) atoms.